The molecule has 0 aromatic heterocycles. The molecule has 0 aliphatic heterocycles. The van der Waals surface area contributed by atoms with Crippen molar-refractivity contribution in [3.8, 4) is 0 Å². The van der Waals surface area contributed by atoms with E-state index in [1.165, 1.54) is 5.56 Å². The van der Waals surface area contributed by atoms with Crippen LogP contribution in [0, 0.1) is 0 Å². The van der Waals surface area contributed by atoms with E-state index >= 15 is 0 Å². The number of urea groups is 1. The zero-order valence-corrected chi connectivity index (χ0v) is 11.0. The van der Waals surface area contributed by atoms with Crippen LogP contribution in [0.3, 0.4) is 0 Å². The van der Waals surface area contributed by atoms with Gasteiger partial charge in [0.05, 0.1) is 0 Å². The summed E-state index contributed by atoms with van der Waals surface area (Å²) in [5.41, 5.74) is 2.06. The first-order valence-electron chi connectivity index (χ1n) is 6.60. The van der Waals surface area contributed by atoms with Crippen LogP contribution >= 0.6 is 0 Å². The van der Waals surface area contributed by atoms with E-state index in [1.807, 2.05) is 24.3 Å². The average molecular weight is 247 g/mol. The average Bonchev–Trinajstić information content (AvgIpc) is 3.14. The molecular weight excluding hydrogens is 226 g/mol. The number of benzene rings is 1. The SMILES string of the molecule is CCNC(C)c1ccc(NC(=O)NC2CC2)cc1. The number of anilines is 1. The van der Waals surface area contributed by atoms with Crippen molar-refractivity contribution < 1.29 is 4.79 Å². The van der Waals surface area contributed by atoms with Gasteiger partial charge in [0.2, 0.25) is 0 Å². The van der Waals surface area contributed by atoms with Crippen LogP contribution < -0.4 is 16.0 Å². The summed E-state index contributed by atoms with van der Waals surface area (Å²) in [6.45, 7) is 5.17. The van der Waals surface area contributed by atoms with E-state index in [-0.39, 0.29) is 6.03 Å². The second kappa shape index (κ2) is 5.87. The molecule has 1 aromatic carbocycles. The first-order chi connectivity index (χ1) is 8.69. The molecule has 1 unspecified atom stereocenters. The Kier molecular flexibility index (Phi) is 4.20. The Bertz CT molecular complexity index is 398. The molecule has 4 heteroatoms. The van der Waals surface area contributed by atoms with Gasteiger partial charge in [-0.1, -0.05) is 19.1 Å². The molecule has 0 radical (unpaired) electrons. The number of nitrogens with one attached hydrogen (secondary N) is 3. The molecule has 1 atom stereocenters. The number of rotatable bonds is 5. The van der Waals surface area contributed by atoms with Crippen LogP contribution in [0.5, 0.6) is 0 Å². The van der Waals surface area contributed by atoms with Crippen molar-refractivity contribution in [2.24, 2.45) is 0 Å². The van der Waals surface area contributed by atoms with Crippen molar-refractivity contribution in [3.63, 3.8) is 0 Å². The molecule has 98 valence electrons. The van der Waals surface area contributed by atoms with E-state index in [0.29, 0.717) is 12.1 Å². The lowest BCUT2D eigenvalue weighted by Gasteiger charge is -2.13. The Labute approximate surface area is 108 Å². The van der Waals surface area contributed by atoms with Crippen LogP contribution in [0.1, 0.15) is 38.3 Å². The lowest BCUT2D eigenvalue weighted by atomic mass is 10.1. The lowest BCUT2D eigenvalue weighted by molar-refractivity contribution is 0.251. The minimum atomic E-state index is -0.106. The van der Waals surface area contributed by atoms with E-state index in [4.69, 9.17) is 0 Å². The molecule has 18 heavy (non-hydrogen) atoms. The van der Waals surface area contributed by atoms with Crippen LogP contribution in [-0.4, -0.2) is 18.6 Å². The van der Waals surface area contributed by atoms with E-state index < -0.39 is 0 Å². The van der Waals surface area contributed by atoms with Gasteiger partial charge in [0, 0.05) is 17.8 Å². The Balaban J connectivity index is 1.88. The zero-order chi connectivity index (χ0) is 13.0. The van der Waals surface area contributed by atoms with Gasteiger partial charge >= 0.3 is 6.03 Å². The van der Waals surface area contributed by atoms with Crippen LogP contribution in [-0.2, 0) is 0 Å². The molecule has 3 N–H and O–H groups in total. The van der Waals surface area contributed by atoms with Crippen LogP contribution in [0.4, 0.5) is 10.5 Å². The number of hydrogen-bond donors (Lipinski definition) is 3. The number of carbonyl (C=O) groups is 1. The summed E-state index contributed by atoms with van der Waals surface area (Å²) < 4.78 is 0. The summed E-state index contributed by atoms with van der Waals surface area (Å²) >= 11 is 0. The van der Waals surface area contributed by atoms with Crippen LogP contribution in [0.15, 0.2) is 24.3 Å². The molecule has 1 saturated carbocycles. The van der Waals surface area contributed by atoms with E-state index in [9.17, 15) is 4.79 Å². The summed E-state index contributed by atoms with van der Waals surface area (Å²) in [4.78, 5) is 11.5. The van der Waals surface area contributed by atoms with Crippen LogP contribution in [0.25, 0.3) is 0 Å². The Morgan fingerprint density at radius 1 is 1.33 bits per heavy atom. The molecule has 0 heterocycles. The summed E-state index contributed by atoms with van der Waals surface area (Å²) in [5.74, 6) is 0. The molecule has 0 bridgehead atoms. The van der Waals surface area contributed by atoms with E-state index in [0.717, 1.165) is 25.1 Å². The normalized spacial score (nSPS) is 16.1. The van der Waals surface area contributed by atoms with Gasteiger partial charge in [0.1, 0.15) is 0 Å². The monoisotopic (exact) mass is 247 g/mol. The Morgan fingerprint density at radius 2 is 2.00 bits per heavy atom. The Hall–Kier alpha value is -1.55. The van der Waals surface area contributed by atoms with Gasteiger partial charge in [-0.2, -0.15) is 0 Å². The Morgan fingerprint density at radius 3 is 2.56 bits per heavy atom. The summed E-state index contributed by atoms with van der Waals surface area (Å²) in [7, 11) is 0. The first kappa shape index (κ1) is 12.9. The minimum absolute atomic E-state index is 0.106. The topological polar surface area (TPSA) is 53.2 Å². The van der Waals surface area contributed by atoms with Gasteiger partial charge in [0.25, 0.3) is 0 Å². The van der Waals surface area contributed by atoms with Crippen LogP contribution in [0.2, 0.25) is 0 Å². The van der Waals surface area contributed by atoms with Gasteiger partial charge in [-0.3, -0.25) is 0 Å². The molecule has 0 saturated heterocycles. The lowest BCUT2D eigenvalue weighted by Crippen LogP contribution is -2.30. The number of carbonyl (C=O) groups excluding carboxylic acids is 1. The highest BCUT2D eigenvalue weighted by Crippen LogP contribution is 2.19. The fourth-order valence-corrected chi connectivity index (χ4v) is 1.86. The third-order valence-corrected chi connectivity index (χ3v) is 3.09. The van der Waals surface area contributed by atoms with Crippen molar-refractivity contribution in [1.82, 2.24) is 10.6 Å². The molecule has 4 nitrogen and oxygen atoms in total. The molecular formula is C14H21N3O. The first-order valence-corrected chi connectivity index (χ1v) is 6.60. The van der Waals surface area contributed by atoms with Crippen molar-refractivity contribution in [2.45, 2.75) is 38.8 Å². The maximum Gasteiger partial charge on any atom is 0.319 e. The predicted molar refractivity (Wildman–Crippen MR) is 73.7 cm³/mol. The molecule has 1 aromatic rings. The summed E-state index contributed by atoms with van der Waals surface area (Å²) in [5, 5.41) is 9.10. The van der Waals surface area contributed by atoms with E-state index in [2.05, 4.69) is 29.8 Å². The smallest absolute Gasteiger partial charge is 0.319 e. The van der Waals surface area contributed by atoms with Gasteiger partial charge in [-0.05, 0) is 44.0 Å². The zero-order valence-electron chi connectivity index (χ0n) is 11.0. The number of amides is 2. The van der Waals surface area contributed by atoms with Gasteiger partial charge in [-0.25, -0.2) is 4.79 Å². The highest BCUT2D eigenvalue weighted by Gasteiger charge is 2.23. The van der Waals surface area contributed by atoms with Gasteiger partial charge in [-0.15, -0.1) is 0 Å². The third-order valence-electron chi connectivity index (χ3n) is 3.09. The van der Waals surface area contributed by atoms with E-state index in [1.54, 1.807) is 0 Å². The van der Waals surface area contributed by atoms with Crippen molar-refractivity contribution in [3.05, 3.63) is 29.8 Å². The third kappa shape index (κ3) is 3.74. The fourth-order valence-electron chi connectivity index (χ4n) is 1.86. The molecule has 2 rings (SSSR count). The highest BCUT2D eigenvalue weighted by atomic mass is 16.2. The van der Waals surface area contributed by atoms with Crippen molar-refractivity contribution >= 4 is 11.7 Å². The molecule has 1 aliphatic carbocycles. The van der Waals surface area contributed by atoms with Gasteiger partial charge in [0.15, 0.2) is 0 Å². The predicted octanol–water partition coefficient (Wildman–Crippen LogP) is 2.64. The molecule has 1 aliphatic rings. The summed E-state index contributed by atoms with van der Waals surface area (Å²) in [6, 6.07) is 8.58. The maximum atomic E-state index is 11.5. The molecule has 1 fully saturated rings. The maximum absolute atomic E-state index is 11.5. The fraction of sp³-hybridized carbons (Fsp3) is 0.500. The minimum Gasteiger partial charge on any atom is -0.335 e. The molecule has 2 amide bonds. The highest BCUT2D eigenvalue weighted by molar-refractivity contribution is 5.89. The number of hydrogen-bond acceptors (Lipinski definition) is 2. The van der Waals surface area contributed by atoms with Crippen molar-refractivity contribution in [1.29, 1.82) is 0 Å². The van der Waals surface area contributed by atoms with Gasteiger partial charge < -0.3 is 16.0 Å². The second-order valence-corrected chi connectivity index (χ2v) is 4.77. The largest absolute Gasteiger partial charge is 0.335 e. The second-order valence-electron chi connectivity index (χ2n) is 4.77. The summed E-state index contributed by atoms with van der Waals surface area (Å²) in [6.07, 6.45) is 2.21. The quantitative estimate of drug-likeness (QED) is 0.749. The molecule has 0 spiro atoms. The van der Waals surface area contributed by atoms with Crippen molar-refractivity contribution in [2.75, 3.05) is 11.9 Å². The standard InChI is InChI=1S/C14H21N3O/c1-3-15-10(2)11-4-6-12(7-5-11)16-14(18)17-13-8-9-13/h4-7,10,13,15H,3,8-9H2,1-2H3,(H2,16,17,18).